The lowest BCUT2D eigenvalue weighted by Gasteiger charge is -2.25. The first kappa shape index (κ1) is 18.8. The van der Waals surface area contributed by atoms with Crippen molar-refractivity contribution in [1.82, 2.24) is 15.5 Å². The lowest BCUT2D eigenvalue weighted by Crippen LogP contribution is -2.38. The Hall–Kier alpha value is -2.97. The van der Waals surface area contributed by atoms with Crippen molar-refractivity contribution in [2.45, 2.75) is 24.9 Å². The number of urea groups is 1. The molecule has 3 rings (SSSR count). The van der Waals surface area contributed by atoms with Crippen LogP contribution in [-0.4, -0.2) is 62.3 Å². The molecule has 0 unspecified atom stereocenters. The highest BCUT2D eigenvalue weighted by molar-refractivity contribution is 5.99. The van der Waals surface area contributed by atoms with Crippen LogP contribution >= 0.6 is 0 Å². The summed E-state index contributed by atoms with van der Waals surface area (Å²) < 4.78 is 10.6. The molecule has 1 aromatic rings. The van der Waals surface area contributed by atoms with Gasteiger partial charge in [0.2, 0.25) is 0 Å². The summed E-state index contributed by atoms with van der Waals surface area (Å²) in [4.78, 5) is 37.7. The molecule has 9 heteroatoms. The van der Waals surface area contributed by atoms with Gasteiger partial charge in [-0.25, -0.2) is 9.59 Å². The number of nitrogens with zero attached hydrogens (tertiary/aromatic N) is 1. The van der Waals surface area contributed by atoms with Gasteiger partial charge in [-0.15, -0.1) is 0 Å². The van der Waals surface area contributed by atoms with Gasteiger partial charge in [-0.2, -0.15) is 0 Å². The normalized spacial score (nSPS) is 21.9. The Morgan fingerprint density at radius 1 is 1.30 bits per heavy atom. The maximum atomic E-state index is 12.7. The third-order valence-electron chi connectivity index (χ3n) is 4.97. The number of methoxy groups -OCH3 is 1. The Bertz CT molecular complexity index is 753. The van der Waals surface area contributed by atoms with Gasteiger partial charge in [0.05, 0.1) is 19.2 Å². The monoisotopic (exact) mass is 376 g/mol. The predicted octanol–water partition coefficient (Wildman–Crippen LogP) is 1.55. The van der Waals surface area contributed by atoms with Gasteiger partial charge in [-0.3, -0.25) is 4.79 Å². The quantitative estimate of drug-likeness (QED) is 0.742. The van der Waals surface area contributed by atoms with Gasteiger partial charge < -0.3 is 30.3 Å². The first-order valence-electron chi connectivity index (χ1n) is 8.89. The van der Waals surface area contributed by atoms with E-state index in [0.29, 0.717) is 43.1 Å². The van der Waals surface area contributed by atoms with Crippen molar-refractivity contribution in [3.05, 3.63) is 23.8 Å². The Morgan fingerprint density at radius 3 is 2.78 bits per heavy atom. The van der Waals surface area contributed by atoms with Crippen molar-refractivity contribution in [3.8, 4) is 5.75 Å². The molecule has 2 aliphatic heterocycles. The van der Waals surface area contributed by atoms with Crippen LogP contribution in [0, 0.1) is 0 Å². The van der Waals surface area contributed by atoms with Crippen LogP contribution in [0.5, 0.6) is 5.75 Å². The summed E-state index contributed by atoms with van der Waals surface area (Å²) >= 11 is 0. The van der Waals surface area contributed by atoms with Crippen molar-refractivity contribution in [2.75, 3.05) is 39.1 Å². The third kappa shape index (κ3) is 4.07. The fourth-order valence-corrected chi connectivity index (χ4v) is 3.45. The van der Waals surface area contributed by atoms with Crippen LogP contribution in [0.25, 0.3) is 0 Å². The molecule has 0 aliphatic carbocycles. The van der Waals surface area contributed by atoms with Gasteiger partial charge >= 0.3 is 12.1 Å². The molecule has 0 aromatic heterocycles. The van der Waals surface area contributed by atoms with E-state index in [2.05, 4.69) is 16.0 Å². The molecule has 2 aliphatic rings. The molecule has 0 radical (unpaired) electrons. The first-order chi connectivity index (χ1) is 13.0. The molecule has 146 valence electrons. The highest BCUT2D eigenvalue weighted by Gasteiger charge is 2.41. The number of benzene rings is 1. The summed E-state index contributed by atoms with van der Waals surface area (Å²) in [6.07, 6.45) is 1.66. The molecule has 4 amide bonds. The second-order valence-corrected chi connectivity index (χ2v) is 6.69. The van der Waals surface area contributed by atoms with Crippen molar-refractivity contribution in [3.63, 3.8) is 0 Å². The number of anilines is 1. The number of carbonyl (C=O) groups excluding carboxylic acids is 3. The summed E-state index contributed by atoms with van der Waals surface area (Å²) in [5, 5.41) is 8.07. The van der Waals surface area contributed by atoms with E-state index in [-0.39, 0.29) is 11.9 Å². The van der Waals surface area contributed by atoms with Crippen LogP contribution in [0.15, 0.2) is 18.2 Å². The number of amides is 4. The Kier molecular flexibility index (Phi) is 5.38. The third-order valence-corrected chi connectivity index (χ3v) is 4.97. The number of hydrogen-bond donors (Lipinski definition) is 3. The molecule has 0 saturated carbocycles. The van der Waals surface area contributed by atoms with Crippen LogP contribution < -0.4 is 20.7 Å². The summed E-state index contributed by atoms with van der Waals surface area (Å²) in [5.74, 6) is 0.134. The molecular weight excluding hydrogens is 352 g/mol. The lowest BCUT2D eigenvalue weighted by molar-refractivity contribution is 0.0454. The largest absolute Gasteiger partial charge is 0.496 e. The number of likely N-dealkylation sites (tertiary alicyclic amines) is 1. The van der Waals surface area contributed by atoms with E-state index in [1.807, 2.05) is 0 Å². The van der Waals surface area contributed by atoms with Crippen molar-refractivity contribution in [2.24, 2.45) is 0 Å². The molecule has 9 nitrogen and oxygen atoms in total. The molecule has 2 heterocycles. The fourth-order valence-electron chi connectivity index (χ4n) is 3.45. The van der Waals surface area contributed by atoms with Gasteiger partial charge in [-0.05, 0) is 31.0 Å². The van der Waals surface area contributed by atoms with Gasteiger partial charge in [-0.1, -0.05) is 0 Å². The average Bonchev–Trinajstić information content (AvgIpc) is 2.91. The first-order valence-corrected chi connectivity index (χ1v) is 8.89. The minimum absolute atomic E-state index is 0.252. The Balaban J connectivity index is 1.67. The van der Waals surface area contributed by atoms with Gasteiger partial charge in [0.25, 0.3) is 5.91 Å². The molecule has 27 heavy (non-hydrogen) atoms. The number of rotatable bonds is 3. The molecule has 2 fully saturated rings. The van der Waals surface area contributed by atoms with Crippen molar-refractivity contribution >= 4 is 23.7 Å². The number of ether oxygens (including phenoxy) is 2. The zero-order valence-corrected chi connectivity index (χ0v) is 15.5. The zero-order chi connectivity index (χ0) is 19.4. The van der Waals surface area contributed by atoms with E-state index >= 15 is 0 Å². The topological polar surface area (TPSA) is 109 Å². The van der Waals surface area contributed by atoms with E-state index in [1.54, 1.807) is 23.1 Å². The van der Waals surface area contributed by atoms with Crippen LogP contribution in [0.1, 0.15) is 29.6 Å². The minimum Gasteiger partial charge on any atom is -0.496 e. The Labute approximate surface area is 157 Å². The zero-order valence-electron chi connectivity index (χ0n) is 15.5. The van der Waals surface area contributed by atoms with Crippen LogP contribution in [0.2, 0.25) is 0 Å². The maximum absolute atomic E-state index is 12.7. The number of hydrogen-bond acceptors (Lipinski definition) is 5. The van der Waals surface area contributed by atoms with E-state index in [4.69, 9.17) is 9.47 Å². The number of carbonyl (C=O) groups is 3. The standard InChI is InChI=1S/C18H24N4O5/c1-19-15(23)13-10-12(4-5-14(13)26-2)21-16(24)22-8-3-6-18(7-9-22)11-20-17(25)27-18/h4-5,10H,3,6-9,11H2,1-2H3,(H,19,23)(H,20,25)(H,21,24)/t18-/m0/s1. The molecule has 1 aromatic carbocycles. The summed E-state index contributed by atoms with van der Waals surface area (Å²) in [5.41, 5.74) is 0.336. The van der Waals surface area contributed by atoms with Crippen molar-refractivity contribution < 1.29 is 23.9 Å². The predicted molar refractivity (Wildman–Crippen MR) is 98.0 cm³/mol. The summed E-state index contributed by atoms with van der Waals surface area (Å²) in [6, 6.07) is 4.65. The molecule has 3 N–H and O–H groups in total. The van der Waals surface area contributed by atoms with Crippen molar-refractivity contribution in [1.29, 1.82) is 0 Å². The fraction of sp³-hybridized carbons (Fsp3) is 0.500. The van der Waals surface area contributed by atoms with E-state index in [0.717, 1.165) is 12.8 Å². The second kappa shape index (κ2) is 7.73. The van der Waals surface area contributed by atoms with Gasteiger partial charge in [0.15, 0.2) is 0 Å². The summed E-state index contributed by atoms with van der Waals surface area (Å²) in [6.45, 7) is 1.54. The molecular formula is C18H24N4O5. The smallest absolute Gasteiger partial charge is 0.407 e. The molecule has 0 bridgehead atoms. The van der Waals surface area contributed by atoms with Crippen LogP contribution in [0.3, 0.4) is 0 Å². The molecule has 2 saturated heterocycles. The average molecular weight is 376 g/mol. The lowest BCUT2D eigenvalue weighted by atomic mass is 9.95. The SMILES string of the molecule is CNC(=O)c1cc(NC(=O)N2CCC[C@]3(CC2)CNC(=O)O3)ccc1OC. The summed E-state index contributed by atoms with van der Waals surface area (Å²) in [7, 11) is 3.02. The number of alkyl carbamates (subject to hydrolysis) is 1. The van der Waals surface area contributed by atoms with Gasteiger partial charge in [0.1, 0.15) is 11.4 Å². The van der Waals surface area contributed by atoms with E-state index in [9.17, 15) is 14.4 Å². The second-order valence-electron chi connectivity index (χ2n) is 6.69. The molecule has 1 atom stereocenters. The minimum atomic E-state index is -0.515. The molecule has 1 spiro atoms. The maximum Gasteiger partial charge on any atom is 0.407 e. The highest BCUT2D eigenvalue weighted by Crippen LogP contribution is 2.29. The Morgan fingerprint density at radius 2 is 2.11 bits per heavy atom. The van der Waals surface area contributed by atoms with Gasteiger partial charge in [0, 0.05) is 32.2 Å². The van der Waals surface area contributed by atoms with Crippen LogP contribution in [-0.2, 0) is 4.74 Å². The van der Waals surface area contributed by atoms with E-state index < -0.39 is 11.7 Å². The number of nitrogens with one attached hydrogen (secondary N) is 3. The highest BCUT2D eigenvalue weighted by atomic mass is 16.6. The van der Waals surface area contributed by atoms with E-state index in [1.165, 1.54) is 14.2 Å². The van der Waals surface area contributed by atoms with Crippen LogP contribution in [0.4, 0.5) is 15.3 Å².